The molecule has 0 aliphatic carbocycles. The Kier molecular flexibility index (Phi) is 3.55. The molecule has 20 heavy (non-hydrogen) atoms. The van der Waals surface area contributed by atoms with Crippen molar-refractivity contribution in [2.45, 2.75) is 13.0 Å². The first-order valence-electron chi connectivity index (χ1n) is 6.51. The average molecular weight is 327 g/mol. The monoisotopic (exact) mass is 326 g/mol. The van der Waals surface area contributed by atoms with E-state index in [0.29, 0.717) is 0 Å². The van der Waals surface area contributed by atoms with E-state index >= 15 is 0 Å². The zero-order valence-corrected chi connectivity index (χ0v) is 12.8. The second-order valence-corrected chi connectivity index (χ2v) is 5.88. The Labute approximate surface area is 126 Å². The van der Waals surface area contributed by atoms with Crippen molar-refractivity contribution in [3.05, 3.63) is 76.0 Å². The van der Waals surface area contributed by atoms with E-state index in [2.05, 4.69) is 51.2 Å². The van der Waals surface area contributed by atoms with Crippen molar-refractivity contribution in [2.24, 2.45) is 5.73 Å². The smallest absolute Gasteiger partial charge is 0.0567 e. The summed E-state index contributed by atoms with van der Waals surface area (Å²) in [5.41, 5.74) is 9.48. The third kappa shape index (κ3) is 2.60. The van der Waals surface area contributed by atoms with E-state index < -0.39 is 0 Å². The van der Waals surface area contributed by atoms with E-state index in [1.807, 2.05) is 31.3 Å². The topological polar surface area (TPSA) is 38.9 Å². The van der Waals surface area contributed by atoms with Gasteiger partial charge >= 0.3 is 0 Å². The molecule has 100 valence electrons. The summed E-state index contributed by atoms with van der Waals surface area (Å²) in [6.07, 6.45) is 1.85. The van der Waals surface area contributed by atoms with Crippen molar-refractivity contribution in [2.75, 3.05) is 0 Å². The summed E-state index contributed by atoms with van der Waals surface area (Å²) < 4.78 is 1.09. The highest BCUT2D eigenvalue weighted by Crippen LogP contribution is 2.25. The average Bonchev–Trinajstić information content (AvgIpc) is 2.47. The van der Waals surface area contributed by atoms with Gasteiger partial charge in [-0.25, -0.2) is 0 Å². The molecular weight excluding hydrogens is 312 g/mol. The molecule has 0 aliphatic heterocycles. The molecule has 2 nitrogen and oxygen atoms in total. The van der Waals surface area contributed by atoms with Crippen LogP contribution in [0.1, 0.15) is 22.9 Å². The van der Waals surface area contributed by atoms with Crippen LogP contribution in [0, 0.1) is 6.92 Å². The lowest BCUT2D eigenvalue weighted by Crippen LogP contribution is -2.12. The summed E-state index contributed by atoms with van der Waals surface area (Å²) in [5, 5.41) is 2.40. The first kappa shape index (κ1) is 13.3. The van der Waals surface area contributed by atoms with Crippen molar-refractivity contribution in [1.29, 1.82) is 0 Å². The largest absolute Gasteiger partial charge is 0.320 e. The fraction of sp³-hybridized carbons (Fsp3) is 0.118. The van der Waals surface area contributed by atoms with Crippen molar-refractivity contribution in [1.82, 2.24) is 4.98 Å². The maximum absolute atomic E-state index is 6.34. The molecule has 3 heteroatoms. The van der Waals surface area contributed by atoms with E-state index in [-0.39, 0.29) is 6.04 Å². The highest BCUT2D eigenvalue weighted by molar-refractivity contribution is 9.10. The lowest BCUT2D eigenvalue weighted by Gasteiger charge is -2.13. The number of hydrogen-bond acceptors (Lipinski definition) is 2. The normalized spacial score (nSPS) is 12.6. The van der Waals surface area contributed by atoms with Crippen LogP contribution in [0.15, 0.2) is 59.2 Å². The van der Waals surface area contributed by atoms with Gasteiger partial charge in [0.05, 0.1) is 6.04 Å². The van der Waals surface area contributed by atoms with Gasteiger partial charge in [0.15, 0.2) is 0 Å². The second kappa shape index (κ2) is 5.35. The molecule has 3 aromatic rings. The number of aromatic nitrogens is 1. The molecule has 1 unspecified atom stereocenters. The van der Waals surface area contributed by atoms with Crippen LogP contribution in [0.3, 0.4) is 0 Å². The van der Waals surface area contributed by atoms with Gasteiger partial charge in [0.2, 0.25) is 0 Å². The quantitative estimate of drug-likeness (QED) is 0.760. The van der Waals surface area contributed by atoms with Crippen molar-refractivity contribution < 1.29 is 0 Å². The van der Waals surface area contributed by atoms with Gasteiger partial charge in [-0.05, 0) is 53.1 Å². The second-order valence-electron chi connectivity index (χ2n) is 4.96. The first-order valence-corrected chi connectivity index (χ1v) is 7.30. The fourth-order valence-corrected chi connectivity index (χ4v) is 2.66. The van der Waals surface area contributed by atoms with Crippen molar-refractivity contribution >= 4 is 26.7 Å². The minimum absolute atomic E-state index is 0.142. The van der Waals surface area contributed by atoms with Crippen LogP contribution in [0.2, 0.25) is 0 Å². The lowest BCUT2D eigenvalue weighted by molar-refractivity contribution is 0.862. The Bertz CT molecular complexity index is 751. The zero-order chi connectivity index (χ0) is 14.1. The zero-order valence-electron chi connectivity index (χ0n) is 11.2. The number of aryl methyl sites for hydroxylation is 1. The molecule has 0 fully saturated rings. The first-order chi connectivity index (χ1) is 9.63. The van der Waals surface area contributed by atoms with Crippen LogP contribution in [-0.2, 0) is 0 Å². The maximum atomic E-state index is 6.34. The van der Waals surface area contributed by atoms with Crippen LogP contribution in [-0.4, -0.2) is 4.98 Å². The molecule has 1 atom stereocenters. The molecule has 0 saturated carbocycles. The Morgan fingerprint density at radius 2 is 1.65 bits per heavy atom. The van der Waals surface area contributed by atoms with Gasteiger partial charge in [-0.1, -0.05) is 40.2 Å². The highest BCUT2D eigenvalue weighted by Gasteiger charge is 2.09. The summed E-state index contributed by atoms with van der Waals surface area (Å²) in [5.74, 6) is 0. The minimum Gasteiger partial charge on any atom is -0.320 e. The molecule has 1 heterocycles. The maximum Gasteiger partial charge on any atom is 0.0567 e. The Balaban J connectivity index is 2.01. The van der Waals surface area contributed by atoms with Crippen LogP contribution < -0.4 is 5.73 Å². The van der Waals surface area contributed by atoms with Crippen LogP contribution in [0.4, 0.5) is 0 Å². The van der Waals surface area contributed by atoms with Crippen LogP contribution in [0.5, 0.6) is 0 Å². The molecule has 0 bridgehead atoms. The number of hydrogen-bond donors (Lipinski definition) is 1. The van der Waals surface area contributed by atoms with Crippen molar-refractivity contribution in [3.63, 3.8) is 0 Å². The summed E-state index contributed by atoms with van der Waals surface area (Å²) in [7, 11) is 0. The summed E-state index contributed by atoms with van der Waals surface area (Å²) in [4.78, 5) is 4.31. The molecule has 0 aliphatic rings. The van der Waals surface area contributed by atoms with Gasteiger partial charge in [-0.3, -0.25) is 4.98 Å². The number of rotatable bonds is 2. The Hall–Kier alpha value is -1.71. The van der Waals surface area contributed by atoms with Gasteiger partial charge in [-0.15, -0.1) is 0 Å². The predicted molar refractivity (Wildman–Crippen MR) is 86.7 cm³/mol. The minimum atomic E-state index is -0.142. The van der Waals surface area contributed by atoms with Gasteiger partial charge < -0.3 is 5.73 Å². The van der Waals surface area contributed by atoms with E-state index in [1.54, 1.807) is 0 Å². The van der Waals surface area contributed by atoms with E-state index in [4.69, 9.17) is 5.73 Å². The number of nitrogens with zero attached hydrogens (tertiary/aromatic N) is 1. The molecular formula is C17H15BrN2. The number of pyridine rings is 1. The fourth-order valence-electron chi connectivity index (χ4n) is 2.28. The number of halogens is 1. The SMILES string of the molecule is Cc1ccc(C(N)c2ccc3cc(Br)ccc3c2)cn1. The third-order valence-corrected chi connectivity index (χ3v) is 3.97. The van der Waals surface area contributed by atoms with Gasteiger partial charge in [0.1, 0.15) is 0 Å². The van der Waals surface area contributed by atoms with Crippen LogP contribution in [0.25, 0.3) is 10.8 Å². The number of benzene rings is 2. The number of nitrogens with two attached hydrogens (primary N) is 1. The van der Waals surface area contributed by atoms with E-state index in [9.17, 15) is 0 Å². The van der Waals surface area contributed by atoms with Gasteiger partial charge in [-0.2, -0.15) is 0 Å². The Morgan fingerprint density at radius 1 is 0.950 bits per heavy atom. The summed E-state index contributed by atoms with van der Waals surface area (Å²) in [6.45, 7) is 1.98. The predicted octanol–water partition coefficient (Wildman–Crippen LogP) is 4.35. The molecule has 0 radical (unpaired) electrons. The van der Waals surface area contributed by atoms with E-state index in [1.165, 1.54) is 10.8 Å². The van der Waals surface area contributed by atoms with Gasteiger partial charge in [0, 0.05) is 16.4 Å². The van der Waals surface area contributed by atoms with Crippen LogP contribution >= 0.6 is 15.9 Å². The molecule has 2 aromatic carbocycles. The molecule has 0 amide bonds. The number of fused-ring (bicyclic) bond motifs is 1. The Morgan fingerprint density at radius 3 is 2.40 bits per heavy atom. The third-order valence-electron chi connectivity index (χ3n) is 3.48. The lowest BCUT2D eigenvalue weighted by atomic mass is 9.98. The molecule has 0 saturated heterocycles. The molecule has 1 aromatic heterocycles. The van der Waals surface area contributed by atoms with Crippen molar-refractivity contribution in [3.8, 4) is 0 Å². The standard InChI is InChI=1S/C17H15BrN2/c1-11-2-3-15(10-20-11)17(19)14-5-4-13-9-16(18)7-6-12(13)8-14/h2-10,17H,19H2,1H3. The molecule has 3 rings (SSSR count). The van der Waals surface area contributed by atoms with E-state index in [0.717, 1.165) is 21.3 Å². The van der Waals surface area contributed by atoms with Gasteiger partial charge in [0.25, 0.3) is 0 Å². The summed E-state index contributed by atoms with van der Waals surface area (Å²) in [6, 6.07) is 16.5. The molecule has 0 spiro atoms. The summed E-state index contributed by atoms with van der Waals surface area (Å²) >= 11 is 3.49. The molecule has 2 N–H and O–H groups in total. The highest BCUT2D eigenvalue weighted by atomic mass is 79.9.